The first-order valence-corrected chi connectivity index (χ1v) is 9.47. The summed E-state index contributed by atoms with van der Waals surface area (Å²) in [4.78, 5) is 9.49. The van der Waals surface area contributed by atoms with E-state index in [0.29, 0.717) is 24.0 Å². The minimum Gasteiger partial charge on any atom is -0.507 e. The normalized spacial score (nSPS) is 16.8. The summed E-state index contributed by atoms with van der Waals surface area (Å²) in [6.45, 7) is 2.48. The van der Waals surface area contributed by atoms with Crippen molar-refractivity contribution in [3.05, 3.63) is 54.1 Å². The molecule has 28 heavy (non-hydrogen) atoms. The van der Waals surface area contributed by atoms with Crippen LogP contribution in [-0.4, -0.2) is 47.9 Å². The molecule has 6 heteroatoms. The summed E-state index contributed by atoms with van der Waals surface area (Å²) in [5.41, 5.74) is 2.50. The lowest BCUT2D eigenvalue weighted by Gasteiger charge is -2.16. The molecular weight excluding hydrogens is 352 g/mol. The first-order chi connectivity index (χ1) is 13.7. The second-order valence-electron chi connectivity index (χ2n) is 6.88. The number of para-hydroxylation sites is 1. The number of rotatable bonds is 6. The summed E-state index contributed by atoms with van der Waals surface area (Å²) in [5, 5.41) is 18.2. The van der Waals surface area contributed by atoms with Gasteiger partial charge in [0.05, 0.1) is 17.7 Å². The number of benzene rings is 2. The predicted molar refractivity (Wildman–Crippen MR) is 112 cm³/mol. The maximum absolute atomic E-state index is 10.3. The summed E-state index contributed by atoms with van der Waals surface area (Å²) in [6, 6.07) is 13.6. The van der Waals surface area contributed by atoms with E-state index in [9.17, 15) is 5.11 Å². The average molecular weight is 376 g/mol. The molecule has 3 aromatic rings. The smallest absolute Gasteiger partial charge is 0.165 e. The third kappa shape index (κ3) is 3.98. The molecule has 1 aliphatic heterocycles. The van der Waals surface area contributed by atoms with Gasteiger partial charge in [0.15, 0.2) is 5.82 Å². The molecule has 0 spiro atoms. The Morgan fingerprint density at radius 1 is 1.25 bits per heavy atom. The Bertz CT molecular complexity index is 997. The summed E-state index contributed by atoms with van der Waals surface area (Å²) in [6.07, 6.45) is 5.03. The predicted octanol–water partition coefficient (Wildman–Crippen LogP) is 3.44. The number of hydrogen-bond donors (Lipinski definition) is 3. The van der Waals surface area contributed by atoms with Crippen molar-refractivity contribution in [1.29, 1.82) is 0 Å². The monoisotopic (exact) mass is 376 g/mol. The van der Waals surface area contributed by atoms with Crippen molar-refractivity contribution in [2.24, 2.45) is 0 Å². The SMILES string of the molecule is COCC=Cc1ccc2c(NC3CCNC3)nc(-c3ccccc3O)nc2c1. The highest BCUT2D eigenvalue weighted by Gasteiger charge is 2.18. The Labute approximate surface area is 164 Å². The van der Waals surface area contributed by atoms with Crippen LogP contribution in [0.2, 0.25) is 0 Å². The second-order valence-corrected chi connectivity index (χ2v) is 6.88. The molecular formula is C22H24N4O2. The van der Waals surface area contributed by atoms with Crippen molar-refractivity contribution in [3.8, 4) is 17.1 Å². The molecule has 2 aromatic carbocycles. The summed E-state index contributed by atoms with van der Waals surface area (Å²) >= 11 is 0. The number of hydrogen-bond acceptors (Lipinski definition) is 6. The van der Waals surface area contributed by atoms with Gasteiger partial charge in [-0.25, -0.2) is 9.97 Å². The van der Waals surface area contributed by atoms with Crippen LogP contribution in [0.3, 0.4) is 0 Å². The van der Waals surface area contributed by atoms with Gasteiger partial charge in [0.2, 0.25) is 0 Å². The van der Waals surface area contributed by atoms with Gasteiger partial charge in [-0.15, -0.1) is 0 Å². The minimum atomic E-state index is 0.173. The minimum absolute atomic E-state index is 0.173. The van der Waals surface area contributed by atoms with Crippen LogP contribution in [0.15, 0.2) is 48.5 Å². The van der Waals surface area contributed by atoms with Crippen LogP contribution < -0.4 is 10.6 Å². The molecule has 0 saturated carbocycles. The summed E-state index contributed by atoms with van der Waals surface area (Å²) in [5.74, 6) is 1.48. The zero-order valence-electron chi connectivity index (χ0n) is 15.9. The van der Waals surface area contributed by atoms with Crippen LogP contribution in [0.5, 0.6) is 5.75 Å². The van der Waals surface area contributed by atoms with E-state index in [0.717, 1.165) is 41.8 Å². The highest BCUT2D eigenvalue weighted by Crippen LogP contribution is 2.31. The number of methoxy groups -OCH3 is 1. The number of aromatic nitrogens is 2. The summed E-state index contributed by atoms with van der Waals surface area (Å²) < 4.78 is 5.08. The topological polar surface area (TPSA) is 79.3 Å². The Morgan fingerprint density at radius 3 is 2.93 bits per heavy atom. The van der Waals surface area contributed by atoms with E-state index >= 15 is 0 Å². The Hall–Kier alpha value is -2.96. The molecule has 6 nitrogen and oxygen atoms in total. The quantitative estimate of drug-likeness (QED) is 0.612. The van der Waals surface area contributed by atoms with Crippen molar-refractivity contribution in [2.45, 2.75) is 12.5 Å². The molecule has 1 fully saturated rings. The first-order valence-electron chi connectivity index (χ1n) is 9.47. The van der Waals surface area contributed by atoms with E-state index < -0.39 is 0 Å². The lowest BCUT2D eigenvalue weighted by Crippen LogP contribution is -2.23. The number of phenols is 1. The number of nitrogens with one attached hydrogen (secondary N) is 2. The third-order valence-corrected chi connectivity index (χ3v) is 4.84. The van der Waals surface area contributed by atoms with Gasteiger partial charge >= 0.3 is 0 Å². The van der Waals surface area contributed by atoms with E-state index in [1.54, 1.807) is 19.2 Å². The number of aromatic hydroxyl groups is 1. The average Bonchev–Trinajstić information content (AvgIpc) is 3.21. The second kappa shape index (κ2) is 8.37. The fourth-order valence-corrected chi connectivity index (χ4v) is 3.40. The molecule has 1 saturated heterocycles. The maximum Gasteiger partial charge on any atom is 0.165 e. The Balaban J connectivity index is 1.80. The van der Waals surface area contributed by atoms with E-state index in [1.165, 1.54) is 0 Å². The van der Waals surface area contributed by atoms with Gasteiger partial charge in [-0.3, -0.25) is 0 Å². The highest BCUT2D eigenvalue weighted by molar-refractivity contribution is 5.92. The number of phenolic OH excluding ortho intramolecular Hbond substituents is 1. The molecule has 0 aliphatic carbocycles. The lowest BCUT2D eigenvalue weighted by atomic mass is 10.1. The molecule has 2 heterocycles. The van der Waals surface area contributed by atoms with Gasteiger partial charge in [-0.1, -0.05) is 30.4 Å². The van der Waals surface area contributed by atoms with Crippen molar-refractivity contribution in [2.75, 3.05) is 32.1 Å². The van der Waals surface area contributed by atoms with Crippen LogP contribution in [-0.2, 0) is 4.74 Å². The fraction of sp³-hybridized carbons (Fsp3) is 0.273. The van der Waals surface area contributed by atoms with Crippen LogP contribution in [0.4, 0.5) is 5.82 Å². The standard InChI is InChI=1S/C22H24N4O2/c1-28-12-4-5-15-8-9-17-19(13-15)25-22(18-6-2-3-7-20(18)27)26-21(17)24-16-10-11-23-14-16/h2-9,13,16,23,27H,10-12,14H2,1H3,(H,24,25,26). The van der Waals surface area contributed by atoms with Gasteiger partial charge in [0.25, 0.3) is 0 Å². The van der Waals surface area contributed by atoms with Crippen molar-refractivity contribution >= 4 is 22.8 Å². The Kier molecular flexibility index (Phi) is 5.50. The summed E-state index contributed by atoms with van der Waals surface area (Å²) in [7, 11) is 1.67. The molecule has 1 atom stereocenters. The molecule has 0 bridgehead atoms. The molecule has 144 valence electrons. The van der Waals surface area contributed by atoms with Crippen LogP contribution in [0.1, 0.15) is 12.0 Å². The molecule has 1 unspecified atom stereocenters. The highest BCUT2D eigenvalue weighted by atomic mass is 16.5. The zero-order valence-corrected chi connectivity index (χ0v) is 15.9. The lowest BCUT2D eigenvalue weighted by molar-refractivity contribution is 0.234. The number of nitrogens with zero attached hydrogens (tertiary/aromatic N) is 2. The molecule has 3 N–H and O–H groups in total. The van der Waals surface area contributed by atoms with Gasteiger partial charge in [-0.2, -0.15) is 0 Å². The third-order valence-electron chi connectivity index (χ3n) is 4.84. The van der Waals surface area contributed by atoms with Gasteiger partial charge < -0.3 is 20.5 Å². The molecule has 1 aliphatic rings. The van der Waals surface area contributed by atoms with E-state index in [2.05, 4.69) is 16.7 Å². The van der Waals surface area contributed by atoms with Gasteiger partial charge in [0.1, 0.15) is 11.6 Å². The number of anilines is 1. The fourth-order valence-electron chi connectivity index (χ4n) is 3.40. The van der Waals surface area contributed by atoms with Crippen LogP contribution >= 0.6 is 0 Å². The van der Waals surface area contributed by atoms with Gasteiger partial charge in [-0.05, 0) is 42.8 Å². The van der Waals surface area contributed by atoms with Crippen LogP contribution in [0.25, 0.3) is 28.4 Å². The van der Waals surface area contributed by atoms with Crippen LogP contribution in [0, 0.1) is 0 Å². The van der Waals surface area contributed by atoms with E-state index in [4.69, 9.17) is 14.7 Å². The van der Waals surface area contributed by atoms with Gasteiger partial charge in [0, 0.05) is 25.1 Å². The number of ether oxygens (including phenoxy) is 1. The van der Waals surface area contributed by atoms with Crippen molar-refractivity contribution in [1.82, 2.24) is 15.3 Å². The van der Waals surface area contributed by atoms with E-state index in [1.807, 2.05) is 36.4 Å². The molecule has 0 radical (unpaired) electrons. The number of fused-ring (bicyclic) bond motifs is 1. The largest absolute Gasteiger partial charge is 0.507 e. The maximum atomic E-state index is 10.3. The molecule has 1 aromatic heterocycles. The van der Waals surface area contributed by atoms with Crippen molar-refractivity contribution < 1.29 is 9.84 Å². The Morgan fingerprint density at radius 2 is 2.14 bits per heavy atom. The van der Waals surface area contributed by atoms with Crippen molar-refractivity contribution in [3.63, 3.8) is 0 Å². The first kappa shape index (κ1) is 18.4. The molecule has 0 amide bonds. The van der Waals surface area contributed by atoms with E-state index in [-0.39, 0.29) is 5.75 Å². The molecule has 4 rings (SSSR count). The zero-order chi connectivity index (χ0) is 19.3.